The Morgan fingerprint density at radius 3 is 2.61 bits per heavy atom. The van der Waals surface area contributed by atoms with Crippen LogP contribution in [0.4, 0.5) is 0 Å². The van der Waals surface area contributed by atoms with E-state index in [2.05, 4.69) is 5.32 Å². The first kappa shape index (κ1) is 13.4. The van der Waals surface area contributed by atoms with Crippen molar-refractivity contribution in [2.24, 2.45) is 0 Å². The number of likely N-dealkylation sites (N-methyl/N-ethyl adjacent to an activating group) is 1. The summed E-state index contributed by atoms with van der Waals surface area (Å²) in [6.45, 7) is 1.62. The highest BCUT2D eigenvalue weighted by atomic mass is 35.5. The lowest BCUT2D eigenvalue weighted by Crippen LogP contribution is -2.48. The largest absolute Gasteiger partial charge is 0.346 e. The number of rotatable bonds is 3. The smallest absolute Gasteiger partial charge is 0.223 e. The first-order chi connectivity index (χ1) is 8.57. The van der Waals surface area contributed by atoms with Gasteiger partial charge in [-0.3, -0.25) is 4.79 Å². The molecule has 1 atom stereocenters. The number of benzene rings is 1. The van der Waals surface area contributed by atoms with E-state index in [1.54, 1.807) is 0 Å². The third kappa shape index (κ3) is 2.52. The van der Waals surface area contributed by atoms with Crippen LogP contribution >= 0.6 is 11.6 Å². The third-order valence-corrected chi connectivity index (χ3v) is 4.06. The van der Waals surface area contributed by atoms with Crippen molar-refractivity contribution in [3.05, 3.63) is 34.9 Å². The van der Waals surface area contributed by atoms with Crippen LogP contribution in [0.2, 0.25) is 5.02 Å². The molecule has 0 spiro atoms. The summed E-state index contributed by atoms with van der Waals surface area (Å²) < 4.78 is 0. The summed E-state index contributed by atoms with van der Waals surface area (Å²) in [5.74, 6) is 0.214. The number of carbonyl (C=O) groups excluding carboxylic acids is 1. The van der Waals surface area contributed by atoms with Gasteiger partial charge in [0.15, 0.2) is 0 Å². The Morgan fingerprint density at radius 1 is 1.39 bits per heavy atom. The molecule has 1 aromatic carbocycles. The summed E-state index contributed by atoms with van der Waals surface area (Å²) in [5, 5.41) is 3.96. The molecule has 1 N–H and O–H groups in total. The van der Waals surface area contributed by atoms with Crippen molar-refractivity contribution in [3.63, 3.8) is 0 Å². The van der Waals surface area contributed by atoms with Gasteiger partial charge in [0.25, 0.3) is 0 Å². The van der Waals surface area contributed by atoms with Crippen LogP contribution in [0.5, 0.6) is 0 Å². The predicted molar refractivity (Wildman–Crippen MR) is 73.9 cm³/mol. The van der Waals surface area contributed by atoms with Gasteiger partial charge in [-0.05, 0) is 31.2 Å². The summed E-state index contributed by atoms with van der Waals surface area (Å²) in [6.07, 6.45) is 1.55. The maximum absolute atomic E-state index is 12.0. The van der Waals surface area contributed by atoms with E-state index >= 15 is 0 Å². The fourth-order valence-electron chi connectivity index (χ4n) is 2.66. The second-order valence-electron chi connectivity index (χ2n) is 5.06. The molecule has 0 bridgehead atoms. The molecule has 1 fully saturated rings. The van der Waals surface area contributed by atoms with E-state index in [0.29, 0.717) is 6.42 Å². The van der Waals surface area contributed by atoms with Crippen LogP contribution in [0.15, 0.2) is 24.3 Å². The van der Waals surface area contributed by atoms with E-state index in [1.165, 1.54) is 5.56 Å². The van der Waals surface area contributed by atoms with E-state index in [0.717, 1.165) is 24.5 Å². The van der Waals surface area contributed by atoms with Gasteiger partial charge in [0.05, 0.1) is 0 Å². The third-order valence-electron chi connectivity index (χ3n) is 3.81. The van der Waals surface area contributed by atoms with Crippen LogP contribution < -0.4 is 5.32 Å². The zero-order chi connectivity index (χ0) is 13.2. The topological polar surface area (TPSA) is 32.3 Å². The second kappa shape index (κ2) is 5.29. The Bertz CT molecular complexity index is 432. The van der Waals surface area contributed by atoms with Gasteiger partial charge in [-0.15, -0.1) is 0 Å². The number of halogens is 1. The number of nitrogens with one attached hydrogen (secondary N) is 1. The van der Waals surface area contributed by atoms with E-state index in [1.807, 2.05) is 43.3 Å². The molecule has 4 heteroatoms. The SMILES string of the molecule is CNCC1(c2ccc(Cl)cc2)CCN(C)C(=O)C1. The Balaban J connectivity index is 2.32. The molecular weight excluding hydrogens is 248 g/mol. The highest BCUT2D eigenvalue weighted by molar-refractivity contribution is 6.30. The Hall–Kier alpha value is -1.06. The first-order valence-electron chi connectivity index (χ1n) is 6.22. The van der Waals surface area contributed by atoms with Crippen molar-refractivity contribution < 1.29 is 4.79 Å². The van der Waals surface area contributed by atoms with Crippen molar-refractivity contribution in [3.8, 4) is 0 Å². The van der Waals surface area contributed by atoms with Crippen molar-refractivity contribution in [1.82, 2.24) is 10.2 Å². The maximum atomic E-state index is 12.0. The van der Waals surface area contributed by atoms with Gasteiger partial charge in [0.1, 0.15) is 0 Å². The molecule has 98 valence electrons. The molecule has 1 aromatic rings. The summed E-state index contributed by atoms with van der Waals surface area (Å²) in [6, 6.07) is 7.88. The van der Waals surface area contributed by atoms with Gasteiger partial charge in [0.2, 0.25) is 5.91 Å². The Morgan fingerprint density at radius 2 is 2.06 bits per heavy atom. The molecule has 0 radical (unpaired) electrons. The van der Waals surface area contributed by atoms with Crippen LogP contribution in [-0.4, -0.2) is 38.0 Å². The molecule has 3 nitrogen and oxygen atoms in total. The number of hydrogen-bond donors (Lipinski definition) is 1. The highest BCUT2D eigenvalue weighted by Gasteiger charge is 2.38. The van der Waals surface area contributed by atoms with Crippen molar-refractivity contribution >= 4 is 17.5 Å². The zero-order valence-corrected chi connectivity index (χ0v) is 11.6. The number of carbonyl (C=O) groups is 1. The number of likely N-dealkylation sites (tertiary alicyclic amines) is 1. The van der Waals surface area contributed by atoms with Crippen molar-refractivity contribution in [1.29, 1.82) is 0 Å². The average molecular weight is 267 g/mol. The quantitative estimate of drug-likeness (QED) is 0.908. The summed E-state index contributed by atoms with van der Waals surface area (Å²) in [7, 11) is 3.80. The van der Waals surface area contributed by atoms with Crippen LogP contribution in [-0.2, 0) is 10.2 Å². The van der Waals surface area contributed by atoms with Crippen LogP contribution in [0.25, 0.3) is 0 Å². The van der Waals surface area contributed by atoms with Crippen molar-refractivity contribution in [2.75, 3.05) is 27.2 Å². The van der Waals surface area contributed by atoms with E-state index in [9.17, 15) is 4.79 Å². The molecular formula is C14H19ClN2O. The van der Waals surface area contributed by atoms with Gasteiger partial charge < -0.3 is 10.2 Å². The minimum Gasteiger partial charge on any atom is -0.346 e. The maximum Gasteiger partial charge on any atom is 0.223 e. The summed E-state index contributed by atoms with van der Waals surface area (Å²) >= 11 is 5.93. The van der Waals surface area contributed by atoms with Crippen molar-refractivity contribution in [2.45, 2.75) is 18.3 Å². The first-order valence-corrected chi connectivity index (χ1v) is 6.60. The standard InChI is InChI=1S/C14H19ClN2O/c1-16-10-14(7-8-17(2)13(18)9-14)11-3-5-12(15)6-4-11/h3-6,16H,7-10H2,1-2H3. The Labute approximate surface area is 113 Å². The summed E-state index contributed by atoms with van der Waals surface area (Å²) in [5.41, 5.74) is 1.10. The normalized spacial score (nSPS) is 24.4. The average Bonchev–Trinajstić information content (AvgIpc) is 2.35. The molecule has 1 aliphatic rings. The van der Waals surface area contributed by atoms with E-state index in [4.69, 9.17) is 11.6 Å². The van der Waals surface area contributed by atoms with Gasteiger partial charge in [-0.25, -0.2) is 0 Å². The Kier molecular flexibility index (Phi) is 3.93. The van der Waals surface area contributed by atoms with Crippen LogP contribution in [0.3, 0.4) is 0 Å². The van der Waals surface area contributed by atoms with E-state index < -0.39 is 0 Å². The molecule has 2 rings (SSSR count). The number of nitrogens with zero attached hydrogens (tertiary/aromatic N) is 1. The lowest BCUT2D eigenvalue weighted by atomic mass is 9.72. The minimum atomic E-state index is -0.0943. The van der Waals surface area contributed by atoms with Gasteiger partial charge in [-0.1, -0.05) is 23.7 Å². The number of amides is 1. The van der Waals surface area contributed by atoms with Gasteiger partial charge in [-0.2, -0.15) is 0 Å². The molecule has 18 heavy (non-hydrogen) atoms. The molecule has 1 heterocycles. The molecule has 0 aliphatic carbocycles. The lowest BCUT2D eigenvalue weighted by molar-refractivity contribution is -0.134. The minimum absolute atomic E-state index is 0.0943. The molecule has 0 aromatic heterocycles. The number of piperidine rings is 1. The second-order valence-corrected chi connectivity index (χ2v) is 5.50. The lowest BCUT2D eigenvalue weighted by Gasteiger charge is -2.40. The molecule has 1 amide bonds. The monoisotopic (exact) mass is 266 g/mol. The molecule has 1 aliphatic heterocycles. The van der Waals surface area contributed by atoms with Gasteiger partial charge in [0, 0.05) is 37.0 Å². The summed E-state index contributed by atoms with van der Waals surface area (Å²) in [4.78, 5) is 13.8. The van der Waals surface area contributed by atoms with Crippen LogP contribution in [0.1, 0.15) is 18.4 Å². The zero-order valence-electron chi connectivity index (χ0n) is 10.9. The van der Waals surface area contributed by atoms with E-state index in [-0.39, 0.29) is 11.3 Å². The molecule has 1 saturated heterocycles. The number of hydrogen-bond acceptors (Lipinski definition) is 2. The fourth-order valence-corrected chi connectivity index (χ4v) is 2.79. The molecule has 0 saturated carbocycles. The van der Waals surface area contributed by atoms with Crippen LogP contribution in [0, 0.1) is 0 Å². The molecule has 1 unspecified atom stereocenters. The predicted octanol–water partition coefficient (Wildman–Crippen LogP) is 2.05. The van der Waals surface area contributed by atoms with Gasteiger partial charge >= 0.3 is 0 Å². The fraction of sp³-hybridized carbons (Fsp3) is 0.500. The highest BCUT2D eigenvalue weighted by Crippen LogP contribution is 2.35.